The number of hydrogen-bond donors (Lipinski definition) is 0. The Balaban J connectivity index is 1.21. The van der Waals surface area contributed by atoms with Crippen molar-refractivity contribution in [3.63, 3.8) is 0 Å². The molecule has 0 aliphatic heterocycles. The fourth-order valence-corrected chi connectivity index (χ4v) is 7.94. The van der Waals surface area contributed by atoms with E-state index in [2.05, 4.69) is 144 Å². The number of nitrogens with zero attached hydrogens (tertiary/aromatic N) is 1. The molecule has 244 valence electrons. The first kappa shape index (κ1) is 28.8. The van der Waals surface area contributed by atoms with Gasteiger partial charge >= 0.3 is 0 Å². The fraction of sp³-hybridized carbons (Fsp3) is 0. The minimum atomic E-state index is 0.793. The molecule has 0 saturated heterocycles. The van der Waals surface area contributed by atoms with Gasteiger partial charge in [-0.2, -0.15) is 0 Å². The fourth-order valence-electron chi connectivity index (χ4n) is 7.94. The van der Waals surface area contributed by atoms with Crippen molar-refractivity contribution in [3.05, 3.63) is 176 Å². The molecule has 0 amide bonds. The summed E-state index contributed by atoms with van der Waals surface area (Å²) in [5.41, 5.74) is 12.2. The van der Waals surface area contributed by atoms with E-state index < -0.39 is 0 Å². The van der Waals surface area contributed by atoms with E-state index in [9.17, 15) is 0 Å². The van der Waals surface area contributed by atoms with Crippen LogP contribution in [0.2, 0.25) is 0 Å². The molecule has 0 aliphatic carbocycles. The number of benzene rings is 8. The Kier molecular flexibility index (Phi) is 6.22. The number of anilines is 3. The first-order valence-electron chi connectivity index (χ1n) is 17.5. The summed E-state index contributed by atoms with van der Waals surface area (Å²) in [4.78, 5) is 2.28. The van der Waals surface area contributed by atoms with Gasteiger partial charge in [-0.25, -0.2) is 0 Å². The molecule has 0 spiro atoms. The minimum absolute atomic E-state index is 0.793. The van der Waals surface area contributed by atoms with Crippen LogP contribution in [-0.4, -0.2) is 0 Å². The highest BCUT2D eigenvalue weighted by Crippen LogP contribution is 2.50. The Bertz CT molecular complexity index is 3110. The summed E-state index contributed by atoms with van der Waals surface area (Å²) in [6.07, 6.45) is 0. The van der Waals surface area contributed by atoms with Gasteiger partial charge in [-0.3, -0.25) is 0 Å². The smallest absolute Gasteiger partial charge is 0.159 e. The Labute approximate surface area is 298 Å². The lowest BCUT2D eigenvalue weighted by Gasteiger charge is -2.25. The Hall–Kier alpha value is -7.04. The summed E-state index contributed by atoms with van der Waals surface area (Å²) in [7, 11) is 0. The maximum atomic E-state index is 7.21. The predicted octanol–water partition coefficient (Wildman–Crippen LogP) is 14.2. The zero-order valence-corrected chi connectivity index (χ0v) is 27.9. The molecular formula is C48H29NO3. The molecule has 3 aromatic heterocycles. The monoisotopic (exact) mass is 667 g/mol. The molecule has 3 heterocycles. The second-order valence-corrected chi connectivity index (χ2v) is 13.2. The molecule has 11 rings (SSSR count). The zero-order valence-electron chi connectivity index (χ0n) is 27.9. The van der Waals surface area contributed by atoms with Crippen LogP contribution in [0.15, 0.2) is 189 Å². The third-order valence-corrected chi connectivity index (χ3v) is 10.3. The summed E-state index contributed by atoms with van der Waals surface area (Å²) in [5.74, 6) is 0. The van der Waals surface area contributed by atoms with E-state index in [0.717, 1.165) is 94.0 Å². The molecular weight excluding hydrogens is 639 g/mol. The molecule has 0 bridgehead atoms. The molecule has 4 nitrogen and oxygen atoms in total. The molecule has 11 aromatic rings. The van der Waals surface area contributed by atoms with Crippen LogP contribution in [0, 0.1) is 0 Å². The molecule has 8 aromatic carbocycles. The zero-order chi connectivity index (χ0) is 34.2. The molecule has 0 N–H and O–H groups in total. The van der Waals surface area contributed by atoms with Crippen LogP contribution in [0.1, 0.15) is 0 Å². The van der Waals surface area contributed by atoms with Gasteiger partial charge in [0.15, 0.2) is 5.58 Å². The first-order chi connectivity index (χ1) is 25.8. The predicted molar refractivity (Wildman–Crippen MR) is 214 cm³/mol. The molecule has 0 fully saturated rings. The van der Waals surface area contributed by atoms with E-state index >= 15 is 0 Å². The van der Waals surface area contributed by atoms with Gasteiger partial charge in [0, 0.05) is 54.8 Å². The van der Waals surface area contributed by atoms with Crippen molar-refractivity contribution in [2.24, 2.45) is 0 Å². The minimum Gasteiger partial charge on any atom is -0.456 e. The maximum absolute atomic E-state index is 7.21. The van der Waals surface area contributed by atoms with Gasteiger partial charge in [-0.05, 0) is 59.7 Å². The van der Waals surface area contributed by atoms with Crippen LogP contribution >= 0.6 is 0 Å². The highest BCUT2D eigenvalue weighted by Gasteiger charge is 2.26. The van der Waals surface area contributed by atoms with E-state index in [1.165, 1.54) is 11.1 Å². The molecule has 0 radical (unpaired) electrons. The van der Waals surface area contributed by atoms with E-state index in [1.54, 1.807) is 0 Å². The second-order valence-electron chi connectivity index (χ2n) is 13.2. The van der Waals surface area contributed by atoms with Gasteiger partial charge < -0.3 is 18.2 Å². The normalized spacial score (nSPS) is 11.8. The van der Waals surface area contributed by atoms with Crippen molar-refractivity contribution >= 4 is 82.9 Å². The topological polar surface area (TPSA) is 42.7 Å². The largest absolute Gasteiger partial charge is 0.456 e. The summed E-state index contributed by atoms with van der Waals surface area (Å²) >= 11 is 0. The van der Waals surface area contributed by atoms with E-state index in [4.69, 9.17) is 13.3 Å². The van der Waals surface area contributed by atoms with Crippen molar-refractivity contribution in [1.29, 1.82) is 0 Å². The number of furan rings is 3. The first-order valence-corrected chi connectivity index (χ1v) is 17.5. The average Bonchev–Trinajstić information content (AvgIpc) is 3.90. The van der Waals surface area contributed by atoms with Gasteiger partial charge in [0.25, 0.3) is 0 Å². The van der Waals surface area contributed by atoms with Crippen molar-refractivity contribution in [3.8, 4) is 22.3 Å². The third kappa shape index (κ3) is 4.28. The van der Waals surface area contributed by atoms with Crippen LogP contribution in [-0.2, 0) is 0 Å². The van der Waals surface area contributed by atoms with Gasteiger partial charge in [-0.1, -0.05) is 127 Å². The summed E-state index contributed by atoms with van der Waals surface area (Å²) < 4.78 is 20.4. The standard InChI is InChI=1S/C48H29NO3/c1-3-13-30(14-4-1)31-25-27-33(28-26-31)49(32-15-5-2-6-16-32)40-22-12-20-36-39-29-43-44(37-18-8-10-24-42(37)50-43)45(48(39)52-47(36)40)38-21-11-19-35-34-17-7-9-23-41(34)51-46(35)38/h1-29H. The second kappa shape index (κ2) is 11.2. The third-order valence-electron chi connectivity index (χ3n) is 10.3. The van der Waals surface area contributed by atoms with E-state index in [1.807, 2.05) is 36.4 Å². The molecule has 0 aliphatic rings. The van der Waals surface area contributed by atoms with Crippen LogP contribution in [0.5, 0.6) is 0 Å². The van der Waals surface area contributed by atoms with Crippen LogP contribution in [0.25, 0.3) is 88.1 Å². The summed E-state index contributed by atoms with van der Waals surface area (Å²) in [6, 6.07) is 61.1. The molecule has 4 heteroatoms. The highest BCUT2D eigenvalue weighted by atomic mass is 16.3. The average molecular weight is 668 g/mol. The van der Waals surface area contributed by atoms with Gasteiger partial charge in [0.2, 0.25) is 0 Å². The van der Waals surface area contributed by atoms with Crippen LogP contribution in [0.3, 0.4) is 0 Å². The summed E-state index contributed by atoms with van der Waals surface area (Å²) in [6.45, 7) is 0. The highest BCUT2D eigenvalue weighted by molar-refractivity contribution is 6.26. The lowest BCUT2D eigenvalue weighted by molar-refractivity contribution is 0.663. The van der Waals surface area contributed by atoms with Crippen molar-refractivity contribution in [2.75, 3.05) is 4.90 Å². The van der Waals surface area contributed by atoms with Crippen LogP contribution in [0.4, 0.5) is 17.1 Å². The summed E-state index contributed by atoms with van der Waals surface area (Å²) in [5, 5.41) is 6.19. The molecule has 0 atom stereocenters. The van der Waals surface area contributed by atoms with Crippen molar-refractivity contribution < 1.29 is 13.3 Å². The van der Waals surface area contributed by atoms with Crippen LogP contribution < -0.4 is 4.90 Å². The van der Waals surface area contributed by atoms with Crippen molar-refractivity contribution in [2.45, 2.75) is 0 Å². The van der Waals surface area contributed by atoms with E-state index in [-0.39, 0.29) is 0 Å². The number of para-hydroxylation sites is 5. The molecule has 52 heavy (non-hydrogen) atoms. The lowest BCUT2D eigenvalue weighted by Crippen LogP contribution is -2.10. The SMILES string of the molecule is c1ccc(-c2ccc(N(c3ccccc3)c3cccc4c3oc3c(-c5cccc6c5oc5ccccc56)c5c(cc34)oc3ccccc35)cc2)cc1. The number of fused-ring (bicyclic) bond motifs is 9. The molecule has 0 unspecified atom stereocenters. The van der Waals surface area contributed by atoms with E-state index in [0.29, 0.717) is 0 Å². The Morgan fingerprint density at radius 3 is 1.73 bits per heavy atom. The quantitative estimate of drug-likeness (QED) is 0.183. The molecule has 0 saturated carbocycles. The van der Waals surface area contributed by atoms with Gasteiger partial charge in [0.1, 0.15) is 27.9 Å². The maximum Gasteiger partial charge on any atom is 0.159 e. The Morgan fingerprint density at radius 1 is 0.346 bits per heavy atom. The Morgan fingerprint density at radius 2 is 0.942 bits per heavy atom. The number of rotatable bonds is 5. The van der Waals surface area contributed by atoms with Gasteiger partial charge in [0.05, 0.1) is 5.69 Å². The number of hydrogen-bond acceptors (Lipinski definition) is 4. The van der Waals surface area contributed by atoms with Crippen molar-refractivity contribution in [1.82, 2.24) is 0 Å². The lowest BCUT2D eigenvalue weighted by atomic mass is 9.95. The van der Waals surface area contributed by atoms with Gasteiger partial charge in [-0.15, -0.1) is 0 Å².